The number of nitrogens with one attached hydrogen (secondary N) is 2. The van der Waals surface area contributed by atoms with Crippen LogP contribution in [0.4, 0.5) is 11.5 Å². The number of benzene rings is 2. The molecule has 4 aromatic rings. The third kappa shape index (κ3) is 4.03. The molecule has 170 valence electrons. The van der Waals surface area contributed by atoms with Gasteiger partial charge in [-0.25, -0.2) is 9.97 Å². The Hall–Kier alpha value is -4.06. The first kappa shape index (κ1) is 21.8. The average molecular weight is 450 g/mol. The lowest BCUT2D eigenvalue weighted by atomic mass is 9.79. The second-order valence-electron chi connectivity index (χ2n) is 9.44. The highest BCUT2D eigenvalue weighted by Crippen LogP contribution is 2.33. The van der Waals surface area contributed by atoms with E-state index >= 15 is 0 Å². The minimum absolute atomic E-state index is 0.0222. The third-order valence-electron chi connectivity index (χ3n) is 6.41. The SMILES string of the molecule is Cc1cnccc1-c1ccc(-c2nccc(Nc3ccc4c(c3)C(C)(C)CNC4=O)n2)cc1C. The smallest absolute Gasteiger partial charge is 0.251 e. The van der Waals surface area contributed by atoms with Gasteiger partial charge in [0.15, 0.2) is 5.82 Å². The largest absolute Gasteiger partial charge is 0.351 e. The van der Waals surface area contributed by atoms with Gasteiger partial charge in [-0.05, 0) is 78.1 Å². The topological polar surface area (TPSA) is 79.8 Å². The van der Waals surface area contributed by atoms with Crippen LogP contribution in [0, 0.1) is 13.8 Å². The van der Waals surface area contributed by atoms with Gasteiger partial charge >= 0.3 is 0 Å². The minimum atomic E-state index is -0.135. The summed E-state index contributed by atoms with van der Waals surface area (Å²) in [6, 6.07) is 16.0. The molecule has 0 radical (unpaired) electrons. The lowest BCUT2D eigenvalue weighted by molar-refractivity contribution is 0.0930. The Kier molecular flexibility index (Phi) is 5.36. The number of hydrogen-bond acceptors (Lipinski definition) is 5. The highest BCUT2D eigenvalue weighted by molar-refractivity contribution is 5.98. The summed E-state index contributed by atoms with van der Waals surface area (Å²) < 4.78 is 0. The Morgan fingerprint density at radius 1 is 0.912 bits per heavy atom. The maximum atomic E-state index is 12.2. The van der Waals surface area contributed by atoms with Gasteiger partial charge in [-0.15, -0.1) is 0 Å². The van der Waals surface area contributed by atoms with E-state index in [-0.39, 0.29) is 11.3 Å². The van der Waals surface area contributed by atoms with Gasteiger partial charge in [0.2, 0.25) is 0 Å². The van der Waals surface area contributed by atoms with E-state index in [4.69, 9.17) is 4.98 Å². The van der Waals surface area contributed by atoms with Gasteiger partial charge in [-0.1, -0.05) is 26.0 Å². The first-order valence-electron chi connectivity index (χ1n) is 11.4. The Bertz CT molecular complexity index is 1410. The van der Waals surface area contributed by atoms with E-state index in [1.165, 1.54) is 11.1 Å². The van der Waals surface area contributed by atoms with Crippen LogP contribution in [-0.2, 0) is 5.41 Å². The zero-order valence-electron chi connectivity index (χ0n) is 19.8. The van der Waals surface area contributed by atoms with Crippen molar-refractivity contribution < 1.29 is 4.79 Å². The number of hydrogen-bond donors (Lipinski definition) is 2. The Balaban J connectivity index is 1.43. The molecule has 0 bridgehead atoms. The normalized spacial score (nSPS) is 14.3. The van der Waals surface area contributed by atoms with Crippen molar-refractivity contribution in [3.05, 3.63) is 89.4 Å². The van der Waals surface area contributed by atoms with E-state index in [1.807, 2.05) is 42.7 Å². The van der Waals surface area contributed by atoms with Crippen molar-refractivity contribution in [2.45, 2.75) is 33.1 Å². The van der Waals surface area contributed by atoms with E-state index in [0.717, 1.165) is 33.5 Å². The number of fused-ring (bicyclic) bond motifs is 1. The Morgan fingerprint density at radius 3 is 2.50 bits per heavy atom. The molecule has 0 atom stereocenters. The Labute approximate surface area is 199 Å². The number of rotatable bonds is 4. The van der Waals surface area contributed by atoms with Crippen LogP contribution < -0.4 is 10.6 Å². The van der Waals surface area contributed by atoms with Crippen molar-refractivity contribution in [3.8, 4) is 22.5 Å². The van der Waals surface area contributed by atoms with Gasteiger partial charge in [0.25, 0.3) is 5.91 Å². The fraction of sp³-hybridized carbons (Fsp3) is 0.214. The number of anilines is 2. The highest BCUT2D eigenvalue weighted by atomic mass is 16.1. The van der Waals surface area contributed by atoms with Crippen LogP contribution in [0.3, 0.4) is 0 Å². The summed E-state index contributed by atoms with van der Waals surface area (Å²) in [6.45, 7) is 9.07. The number of aromatic nitrogens is 3. The summed E-state index contributed by atoms with van der Waals surface area (Å²) in [5.41, 5.74) is 8.14. The summed E-state index contributed by atoms with van der Waals surface area (Å²) in [7, 11) is 0. The fourth-order valence-corrected chi connectivity index (χ4v) is 4.47. The monoisotopic (exact) mass is 449 g/mol. The summed E-state index contributed by atoms with van der Waals surface area (Å²) >= 11 is 0. The maximum absolute atomic E-state index is 12.2. The lowest BCUT2D eigenvalue weighted by Gasteiger charge is -2.32. The third-order valence-corrected chi connectivity index (χ3v) is 6.41. The second kappa shape index (κ2) is 8.37. The molecule has 0 unspecified atom stereocenters. The number of carbonyl (C=O) groups excluding carboxylic acids is 1. The van der Waals surface area contributed by atoms with Crippen LogP contribution in [0.2, 0.25) is 0 Å². The molecule has 5 rings (SSSR count). The van der Waals surface area contributed by atoms with Crippen molar-refractivity contribution in [3.63, 3.8) is 0 Å². The summed E-state index contributed by atoms with van der Waals surface area (Å²) in [5.74, 6) is 1.34. The second-order valence-corrected chi connectivity index (χ2v) is 9.44. The maximum Gasteiger partial charge on any atom is 0.251 e. The molecule has 6 heteroatoms. The molecule has 0 saturated heterocycles. The van der Waals surface area contributed by atoms with Crippen molar-refractivity contribution in [1.82, 2.24) is 20.3 Å². The van der Waals surface area contributed by atoms with Crippen LogP contribution in [0.5, 0.6) is 0 Å². The number of amides is 1. The fourth-order valence-electron chi connectivity index (χ4n) is 4.47. The molecule has 0 spiro atoms. The molecule has 2 aromatic carbocycles. The van der Waals surface area contributed by atoms with E-state index in [2.05, 4.69) is 66.5 Å². The first-order chi connectivity index (χ1) is 16.3. The van der Waals surface area contributed by atoms with E-state index in [1.54, 1.807) is 6.20 Å². The van der Waals surface area contributed by atoms with Crippen LogP contribution in [-0.4, -0.2) is 27.4 Å². The predicted molar refractivity (Wildman–Crippen MR) is 135 cm³/mol. The molecular formula is C28H27N5O. The van der Waals surface area contributed by atoms with E-state index < -0.39 is 0 Å². The molecule has 1 aliphatic heterocycles. The first-order valence-corrected chi connectivity index (χ1v) is 11.4. The molecule has 0 aliphatic carbocycles. The van der Waals surface area contributed by atoms with Crippen molar-refractivity contribution in [1.29, 1.82) is 0 Å². The molecule has 2 N–H and O–H groups in total. The van der Waals surface area contributed by atoms with Crippen LogP contribution >= 0.6 is 0 Å². The molecule has 1 amide bonds. The van der Waals surface area contributed by atoms with Crippen molar-refractivity contribution in [2.24, 2.45) is 0 Å². The van der Waals surface area contributed by atoms with Gasteiger partial charge in [0.1, 0.15) is 5.82 Å². The number of carbonyl (C=O) groups is 1. The number of aryl methyl sites for hydroxylation is 2. The molecule has 6 nitrogen and oxygen atoms in total. The molecular weight excluding hydrogens is 422 g/mol. The molecule has 3 heterocycles. The lowest BCUT2D eigenvalue weighted by Crippen LogP contribution is -2.43. The van der Waals surface area contributed by atoms with Gasteiger partial charge in [-0.3, -0.25) is 9.78 Å². The zero-order valence-corrected chi connectivity index (χ0v) is 19.8. The summed E-state index contributed by atoms with van der Waals surface area (Å²) in [4.78, 5) is 25.7. The van der Waals surface area contributed by atoms with E-state index in [9.17, 15) is 4.79 Å². The molecule has 34 heavy (non-hydrogen) atoms. The Morgan fingerprint density at radius 2 is 1.71 bits per heavy atom. The standard InChI is InChI=1S/C28H27N5O/c1-17-13-19(5-7-21(17)22-9-11-29-15-18(22)2)26-30-12-10-25(33-26)32-20-6-8-23-24(14-20)28(3,4)16-31-27(23)34/h5-15H,16H2,1-4H3,(H,31,34)(H,30,32,33). The van der Waals surface area contributed by atoms with Crippen LogP contribution in [0.25, 0.3) is 22.5 Å². The zero-order chi connectivity index (χ0) is 23.9. The quantitative estimate of drug-likeness (QED) is 0.425. The van der Waals surface area contributed by atoms with Crippen molar-refractivity contribution in [2.75, 3.05) is 11.9 Å². The average Bonchev–Trinajstić information content (AvgIpc) is 2.83. The van der Waals surface area contributed by atoms with Crippen molar-refractivity contribution >= 4 is 17.4 Å². The summed E-state index contributed by atoms with van der Waals surface area (Å²) in [5, 5.41) is 6.35. The highest BCUT2D eigenvalue weighted by Gasteiger charge is 2.31. The number of pyridine rings is 1. The summed E-state index contributed by atoms with van der Waals surface area (Å²) in [6.07, 6.45) is 5.47. The van der Waals surface area contributed by atoms with Gasteiger partial charge in [-0.2, -0.15) is 0 Å². The van der Waals surface area contributed by atoms with E-state index in [0.29, 0.717) is 18.2 Å². The minimum Gasteiger partial charge on any atom is -0.351 e. The van der Waals surface area contributed by atoms with Gasteiger partial charge < -0.3 is 10.6 Å². The molecule has 0 saturated carbocycles. The van der Waals surface area contributed by atoms with Gasteiger partial charge in [0.05, 0.1) is 0 Å². The molecule has 0 fully saturated rings. The predicted octanol–water partition coefficient (Wildman–Crippen LogP) is 5.59. The molecule has 1 aliphatic rings. The molecule has 2 aromatic heterocycles. The van der Waals surface area contributed by atoms with Crippen LogP contribution in [0.15, 0.2) is 67.1 Å². The number of nitrogens with zero attached hydrogens (tertiary/aromatic N) is 3. The van der Waals surface area contributed by atoms with Gasteiger partial charge in [0, 0.05) is 47.4 Å². The van der Waals surface area contributed by atoms with Crippen LogP contribution in [0.1, 0.15) is 40.9 Å².